The first-order valence-electron chi connectivity index (χ1n) is 32.0. The predicted octanol–water partition coefficient (Wildman–Crippen LogP) is 20.5. The van der Waals surface area contributed by atoms with E-state index in [9.17, 15) is 13.9 Å². The molecule has 8 atom stereocenters. The Kier molecular flexibility index (Phi) is 21.8. The summed E-state index contributed by atoms with van der Waals surface area (Å²) in [5, 5.41) is 12.8. The van der Waals surface area contributed by atoms with Crippen molar-refractivity contribution in [1.29, 1.82) is 0 Å². The number of allylic oxidation sites excluding steroid dienone is 1. The molecule has 12 rings (SSSR count). The first-order chi connectivity index (χ1) is 44.3. The molecule has 1 N–H and O–H groups in total. The second-order valence-corrected chi connectivity index (χ2v) is 26.7. The standard InChI is InChI=1S/C41H41FO3S.C41H41FO2S/c1-4-32-25-41(43,35-18-15-28(2)34(23-35)24-37-21-22-38(46-37)33-16-19-36(42)20-17-33)40(45-27-31-13-9-6-10-14-31)39(29(32)3)44-26-30-11-7-5-8-12-30;1-4-32-25-38(34-16-15-28(2)35(23-34)24-37-21-22-39(45-37)33-17-19-36(42)20-18-33)41(44-27-31-13-9-6-10-14-31)40(29(32)3)43-26-30-11-7-5-8-12-30/h5-23,25,29,39-40,43H,4,24,26-27H2,1-3H3;5-23,25,29,32,40-41H,4,24,26-27H2,1-3H3/t29-,39+,40-,41-;29-,32+,40+,41+/m11/s1. The van der Waals surface area contributed by atoms with Gasteiger partial charge in [-0.2, -0.15) is 0 Å². The third-order valence-corrected chi connectivity index (χ3v) is 20.5. The lowest BCUT2D eigenvalue weighted by molar-refractivity contribution is -0.180. The summed E-state index contributed by atoms with van der Waals surface area (Å²) < 4.78 is 54.0. The van der Waals surface area contributed by atoms with Gasteiger partial charge >= 0.3 is 0 Å². The Morgan fingerprint density at radius 1 is 0.473 bits per heavy atom. The van der Waals surface area contributed by atoms with Gasteiger partial charge in [-0.15, -0.1) is 22.7 Å². The van der Waals surface area contributed by atoms with Crippen LogP contribution in [0.15, 0.2) is 248 Å². The number of aryl methyl sites for hydroxylation is 2. The van der Waals surface area contributed by atoms with Crippen LogP contribution in [0.25, 0.3) is 26.5 Å². The molecular weight excluding hydrogens is 1170 g/mol. The summed E-state index contributed by atoms with van der Waals surface area (Å²) in [5.41, 5.74) is 14.4. The molecule has 0 spiro atoms. The molecular formula is C82H82F2O5S2. The van der Waals surface area contributed by atoms with Gasteiger partial charge in [0, 0.05) is 38.3 Å². The zero-order valence-corrected chi connectivity index (χ0v) is 54.6. The Labute approximate surface area is 545 Å². The Bertz CT molecular complexity index is 3990. The maximum atomic E-state index is 13.5. The van der Waals surface area contributed by atoms with Crippen LogP contribution in [-0.2, 0) is 63.8 Å². The van der Waals surface area contributed by atoms with Crippen LogP contribution in [0.2, 0.25) is 0 Å². The van der Waals surface area contributed by atoms with Crippen molar-refractivity contribution in [2.45, 2.75) is 124 Å². The smallest absolute Gasteiger partial charge is 0.137 e. The maximum absolute atomic E-state index is 13.5. The van der Waals surface area contributed by atoms with Crippen LogP contribution in [-0.4, -0.2) is 29.5 Å². The summed E-state index contributed by atoms with van der Waals surface area (Å²) in [4.78, 5) is 4.75. The third kappa shape index (κ3) is 16.1. The Hall–Kier alpha value is -7.70. The van der Waals surface area contributed by atoms with Gasteiger partial charge in [0.15, 0.2) is 0 Å². The van der Waals surface area contributed by atoms with Gasteiger partial charge in [-0.1, -0.05) is 221 Å². The molecule has 0 saturated carbocycles. The van der Waals surface area contributed by atoms with E-state index in [4.69, 9.17) is 18.9 Å². The molecule has 0 aliphatic heterocycles. The molecule has 466 valence electrons. The lowest BCUT2D eigenvalue weighted by Crippen LogP contribution is -2.54. The number of ether oxygens (including phenoxy) is 4. The van der Waals surface area contributed by atoms with Gasteiger partial charge in [-0.3, -0.25) is 0 Å². The highest BCUT2D eigenvalue weighted by Gasteiger charge is 2.50. The second-order valence-electron chi connectivity index (χ2n) is 24.4. The highest BCUT2D eigenvalue weighted by atomic mass is 32.1. The van der Waals surface area contributed by atoms with Crippen LogP contribution in [0.1, 0.15) is 106 Å². The summed E-state index contributed by atoms with van der Waals surface area (Å²) in [6.45, 7) is 15.1. The van der Waals surface area contributed by atoms with Crippen molar-refractivity contribution in [3.63, 3.8) is 0 Å². The van der Waals surface area contributed by atoms with Gasteiger partial charge in [0.25, 0.3) is 0 Å². The van der Waals surface area contributed by atoms with Crippen LogP contribution in [0.5, 0.6) is 0 Å². The number of thiophene rings is 2. The number of rotatable bonds is 22. The van der Waals surface area contributed by atoms with E-state index in [1.807, 2.05) is 97.1 Å². The maximum Gasteiger partial charge on any atom is 0.137 e. The third-order valence-electron chi connectivity index (χ3n) is 18.2. The van der Waals surface area contributed by atoms with Gasteiger partial charge in [0.05, 0.1) is 38.6 Å². The lowest BCUT2D eigenvalue weighted by Gasteiger charge is -2.46. The normalized spacial score (nSPS) is 20.5. The van der Waals surface area contributed by atoms with Crippen LogP contribution in [0.3, 0.4) is 0 Å². The molecule has 2 aromatic heterocycles. The van der Waals surface area contributed by atoms with Gasteiger partial charge in [-0.25, -0.2) is 8.78 Å². The molecule has 2 aliphatic carbocycles. The Morgan fingerprint density at radius 2 is 0.912 bits per heavy atom. The SMILES string of the molecule is CCC1=C[C@@](O)(c2ccc(C)c(Cc3ccc(-c4ccc(F)cc4)s3)c2)[C@H](OCc2ccccc2)[C@@H](OCc2ccccc2)[C@@H]1C.CC[C@H]1C=C(c2ccc(C)c(Cc3ccc(-c4ccc(F)cc4)s3)c2)[C@H](OCc2ccccc2)[C@@H](OCc2ccccc2)[C@@H]1C. The molecule has 5 nitrogen and oxygen atoms in total. The summed E-state index contributed by atoms with van der Waals surface area (Å²) >= 11 is 3.48. The molecule has 2 aliphatic rings. The van der Waals surface area contributed by atoms with E-state index >= 15 is 0 Å². The minimum absolute atomic E-state index is 0.0654. The molecule has 0 amide bonds. The summed E-state index contributed by atoms with van der Waals surface area (Å²) in [6.07, 6.45) is 6.62. The number of benzene rings is 8. The van der Waals surface area contributed by atoms with Crippen LogP contribution >= 0.6 is 22.7 Å². The summed E-state index contributed by atoms with van der Waals surface area (Å²) in [5.74, 6) is 0.318. The van der Waals surface area contributed by atoms with E-state index in [-0.39, 0.29) is 35.9 Å². The van der Waals surface area contributed by atoms with Crippen molar-refractivity contribution >= 4 is 28.2 Å². The van der Waals surface area contributed by atoms with Gasteiger partial charge < -0.3 is 24.1 Å². The van der Waals surface area contributed by atoms with Crippen LogP contribution < -0.4 is 0 Å². The van der Waals surface area contributed by atoms with Gasteiger partial charge in [0.1, 0.15) is 29.4 Å². The van der Waals surface area contributed by atoms with E-state index in [1.54, 1.807) is 22.7 Å². The molecule has 9 heteroatoms. The Morgan fingerprint density at radius 3 is 1.40 bits per heavy atom. The van der Waals surface area contributed by atoms with Crippen molar-refractivity contribution in [2.24, 2.45) is 17.8 Å². The minimum atomic E-state index is -1.40. The Balaban J connectivity index is 0.000000187. The van der Waals surface area contributed by atoms with E-state index < -0.39 is 11.7 Å². The highest BCUT2D eigenvalue weighted by Crippen LogP contribution is 2.45. The topological polar surface area (TPSA) is 57.2 Å². The molecule has 0 bridgehead atoms. The zero-order valence-electron chi connectivity index (χ0n) is 52.9. The number of hydrogen-bond acceptors (Lipinski definition) is 7. The van der Waals surface area contributed by atoms with E-state index in [0.717, 1.165) is 85.5 Å². The first kappa shape index (κ1) is 64.8. The predicted molar refractivity (Wildman–Crippen MR) is 370 cm³/mol. The second kappa shape index (κ2) is 30.6. The van der Waals surface area contributed by atoms with Crippen LogP contribution in [0.4, 0.5) is 8.78 Å². The molecule has 0 unspecified atom stereocenters. The average molecular weight is 1250 g/mol. The zero-order chi connectivity index (χ0) is 63.3. The fourth-order valence-electron chi connectivity index (χ4n) is 12.8. The molecule has 10 aromatic rings. The monoisotopic (exact) mass is 1250 g/mol. The fraction of sp³-hybridized carbons (Fsp3) is 0.268. The quantitative estimate of drug-likeness (QED) is 0.0686. The summed E-state index contributed by atoms with van der Waals surface area (Å²) in [7, 11) is 0. The van der Waals surface area contributed by atoms with Crippen molar-refractivity contribution in [3.05, 3.63) is 325 Å². The number of halogens is 2. The number of hydrogen-bond donors (Lipinski definition) is 1. The molecule has 0 radical (unpaired) electrons. The van der Waals surface area contributed by atoms with Crippen molar-refractivity contribution in [2.75, 3.05) is 0 Å². The van der Waals surface area contributed by atoms with Crippen molar-refractivity contribution in [1.82, 2.24) is 0 Å². The van der Waals surface area contributed by atoms with Crippen LogP contribution in [0, 0.1) is 43.2 Å². The first-order valence-corrected chi connectivity index (χ1v) is 33.6. The lowest BCUT2D eigenvalue weighted by atomic mass is 9.72. The fourth-order valence-corrected chi connectivity index (χ4v) is 14.8. The molecule has 8 aromatic carbocycles. The van der Waals surface area contributed by atoms with E-state index in [2.05, 4.69) is 163 Å². The van der Waals surface area contributed by atoms with Crippen molar-refractivity contribution < 1.29 is 32.8 Å². The molecule has 91 heavy (non-hydrogen) atoms. The number of aliphatic hydroxyl groups is 1. The minimum Gasteiger partial charge on any atom is -0.378 e. The van der Waals surface area contributed by atoms with Gasteiger partial charge in [0.2, 0.25) is 0 Å². The van der Waals surface area contributed by atoms with E-state index in [0.29, 0.717) is 38.3 Å². The molecule has 0 fully saturated rings. The molecule has 2 heterocycles. The van der Waals surface area contributed by atoms with Gasteiger partial charge in [-0.05, 0) is 165 Å². The largest absolute Gasteiger partial charge is 0.378 e. The van der Waals surface area contributed by atoms with Crippen molar-refractivity contribution in [3.8, 4) is 20.9 Å². The van der Waals surface area contributed by atoms with E-state index in [1.165, 1.54) is 61.8 Å². The molecule has 0 saturated heterocycles. The average Bonchev–Trinajstić information content (AvgIpc) is 1.36. The highest BCUT2D eigenvalue weighted by molar-refractivity contribution is 7.15. The summed E-state index contributed by atoms with van der Waals surface area (Å²) in [6, 6.07) is 76.2.